The summed E-state index contributed by atoms with van der Waals surface area (Å²) in [6, 6.07) is 8.57. The van der Waals surface area contributed by atoms with Crippen LogP contribution in [0.5, 0.6) is 0 Å². The molecular formula is C22H29FN2O4SSi. The summed E-state index contributed by atoms with van der Waals surface area (Å²) in [6.45, 7) is 11.5. The molecule has 0 saturated carbocycles. The second kappa shape index (κ2) is 9.36. The molecular weight excluding hydrogens is 435 g/mol. The van der Waals surface area contributed by atoms with Crippen molar-refractivity contribution in [3.63, 3.8) is 0 Å². The Balaban J connectivity index is 1.66. The predicted molar refractivity (Wildman–Crippen MR) is 122 cm³/mol. The Morgan fingerprint density at radius 2 is 2.00 bits per heavy atom. The molecule has 0 N–H and O–H groups in total. The van der Waals surface area contributed by atoms with Crippen molar-refractivity contribution in [3.05, 3.63) is 64.1 Å². The van der Waals surface area contributed by atoms with Crippen LogP contribution < -0.4 is 5.69 Å². The van der Waals surface area contributed by atoms with Crippen LogP contribution in [0.1, 0.15) is 42.2 Å². The lowest BCUT2D eigenvalue weighted by Gasteiger charge is -2.36. The zero-order chi connectivity index (χ0) is 22.8. The molecule has 1 aromatic heterocycles. The van der Waals surface area contributed by atoms with Gasteiger partial charge in [0.05, 0.1) is 25.3 Å². The van der Waals surface area contributed by atoms with E-state index >= 15 is 0 Å². The van der Waals surface area contributed by atoms with Crippen LogP contribution in [0, 0.1) is 5.82 Å². The molecule has 0 radical (unpaired) electrons. The minimum Gasteiger partial charge on any atom is -0.413 e. The Morgan fingerprint density at radius 1 is 1.32 bits per heavy atom. The molecule has 2 aromatic rings. The van der Waals surface area contributed by atoms with Gasteiger partial charge in [0.1, 0.15) is 10.8 Å². The number of Topliss-reactive ketones (excluding diaryl/α,β-unsaturated/α-hetero) is 1. The fraction of sp³-hybridized carbons (Fsp3) is 0.500. The van der Waals surface area contributed by atoms with Gasteiger partial charge in [-0.2, -0.15) is 4.98 Å². The van der Waals surface area contributed by atoms with Crippen molar-refractivity contribution in [2.45, 2.75) is 56.1 Å². The number of halogens is 1. The smallest absolute Gasteiger partial charge is 0.349 e. The molecule has 3 rings (SSSR count). The normalized spacial score (nSPS) is 19.5. The number of hydrogen-bond acceptors (Lipinski definition) is 6. The Morgan fingerprint density at radius 3 is 2.65 bits per heavy atom. The SMILES string of the molecule is CC(C)(C)[Si](C)(C)OC[C@@H]1OC[C@H](n2cc(F)c(CC(=O)c3ccccc3)nc2=O)S1. The highest BCUT2D eigenvalue weighted by Gasteiger charge is 2.39. The van der Waals surface area contributed by atoms with E-state index in [1.807, 2.05) is 0 Å². The maximum Gasteiger partial charge on any atom is 0.349 e. The molecule has 1 saturated heterocycles. The first kappa shape index (κ1) is 23.8. The van der Waals surface area contributed by atoms with E-state index in [1.165, 1.54) is 16.3 Å². The fourth-order valence-electron chi connectivity index (χ4n) is 2.86. The topological polar surface area (TPSA) is 70.4 Å². The third-order valence-electron chi connectivity index (χ3n) is 5.83. The number of benzene rings is 1. The van der Waals surface area contributed by atoms with Crippen LogP contribution in [-0.2, 0) is 15.6 Å². The Bertz CT molecular complexity index is 991. The average Bonchev–Trinajstić information content (AvgIpc) is 3.17. The first-order valence-corrected chi connectivity index (χ1v) is 14.1. The van der Waals surface area contributed by atoms with Crippen LogP contribution >= 0.6 is 11.8 Å². The van der Waals surface area contributed by atoms with Gasteiger partial charge in [0.2, 0.25) is 0 Å². The van der Waals surface area contributed by atoms with Crippen molar-refractivity contribution < 1.29 is 18.3 Å². The highest BCUT2D eigenvalue weighted by atomic mass is 32.2. The molecule has 168 valence electrons. The molecule has 0 unspecified atom stereocenters. The molecule has 1 fully saturated rings. The molecule has 0 bridgehead atoms. The first-order valence-electron chi connectivity index (χ1n) is 10.2. The van der Waals surface area contributed by atoms with E-state index in [0.29, 0.717) is 12.2 Å². The van der Waals surface area contributed by atoms with Gasteiger partial charge in [-0.3, -0.25) is 9.36 Å². The van der Waals surface area contributed by atoms with Gasteiger partial charge >= 0.3 is 5.69 Å². The van der Waals surface area contributed by atoms with Crippen LogP contribution in [0.3, 0.4) is 0 Å². The number of nitrogens with zero attached hydrogens (tertiary/aromatic N) is 2. The molecule has 0 amide bonds. The third kappa shape index (κ3) is 5.71. The zero-order valence-electron chi connectivity index (χ0n) is 18.6. The number of aromatic nitrogens is 2. The quantitative estimate of drug-likeness (QED) is 0.446. The summed E-state index contributed by atoms with van der Waals surface area (Å²) >= 11 is 1.42. The van der Waals surface area contributed by atoms with E-state index < -0.39 is 19.8 Å². The van der Waals surface area contributed by atoms with Crippen LogP contribution in [-0.4, -0.2) is 42.3 Å². The molecule has 0 aliphatic carbocycles. The van der Waals surface area contributed by atoms with Gasteiger partial charge in [-0.25, -0.2) is 9.18 Å². The number of ether oxygens (including phenoxy) is 1. The van der Waals surface area contributed by atoms with E-state index in [2.05, 4.69) is 38.8 Å². The highest BCUT2D eigenvalue weighted by Crippen LogP contribution is 2.39. The molecule has 6 nitrogen and oxygen atoms in total. The summed E-state index contributed by atoms with van der Waals surface area (Å²) in [5, 5.41) is -0.298. The summed E-state index contributed by atoms with van der Waals surface area (Å²) in [5.74, 6) is -0.962. The van der Waals surface area contributed by atoms with Gasteiger partial charge in [0, 0.05) is 11.8 Å². The summed E-state index contributed by atoms with van der Waals surface area (Å²) < 4.78 is 27.9. The first-order chi connectivity index (χ1) is 14.5. The Hall–Kier alpha value is -1.81. The minimum atomic E-state index is -1.91. The lowest BCUT2D eigenvalue weighted by Crippen LogP contribution is -2.42. The Labute approximate surface area is 187 Å². The number of carbonyl (C=O) groups excluding carboxylic acids is 1. The number of carbonyl (C=O) groups is 1. The minimum absolute atomic E-state index is 0.0900. The van der Waals surface area contributed by atoms with Gasteiger partial charge in [-0.05, 0) is 18.1 Å². The summed E-state index contributed by atoms with van der Waals surface area (Å²) in [4.78, 5) is 28.7. The van der Waals surface area contributed by atoms with Crippen molar-refractivity contribution in [3.8, 4) is 0 Å². The maximum atomic E-state index is 14.6. The molecule has 9 heteroatoms. The second-order valence-electron chi connectivity index (χ2n) is 9.12. The van der Waals surface area contributed by atoms with Gasteiger partial charge < -0.3 is 9.16 Å². The summed E-state index contributed by atoms with van der Waals surface area (Å²) in [6.07, 6.45) is 0.865. The van der Waals surface area contributed by atoms with Crippen LogP contribution in [0.25, 0.3) is 0 Å². The summed E-state index contributed by atoms with van der Waals surface area (Å²) in [7, 11) is -1.91. The monoisotopic (exact) mass is 464 g/mol. The van der Waals surface area contributed by atoms with E-state index in [1.54, 1.807) is 30.3 Å². The predicted octanol–water partition coefficient (Wildman–Crippen LogP) is 4.42. The number of hydrogen-bond donors (Lipinski definition) is 0. The molecule has 0 spiro atoms. The van der Waals surface area contributed by atoms with E-state index in [-0.39, 0.29) is 40.4 Å². The maximum absolute atomic E-state index is 14.6. The number of rotatable bonds is 7. The molecule has 1 aromatic carbocycles. The number of ketones is 1. The average molecular weight is 465 g/mol. The lowest BCUT2D eigenvalue weighted by atomic mass is 10.1. The van der Waals surface area contributed by atoms with Crippen molar-refractivity contribution >= 4 is 25.9 Å². The highest BCUT2D eigenvalue weighted by molar-refractivity contribution is 8.00. The Kier molecular flexibility index (Phi) is 7.20. The summed E-state index contributed by atoms with van der Waals surface area (Å²) in [5.41, 5.74) is -0.508. The zero-order valence-corrected chi connectivity index (χ0v) is 20.4. The van der Waals surface area contributed by atoms with Crippen molar-refractivity contribution in [2.75, 3.05) is 13.2 Å². The van der Waals surface area contributed by atoms with Crippen molar-refractivity contribution in [2.24, 2.45) is 0 Å². The molecule has 1 aliphatic heterocycles. The lowest BCUT2D eigenvalue weighted by molar-refractivity contribution is 0.0834. The van der Waals surface area contributed by atoms with Crippen molar-refractivity contribution in [1.82, 2.24) is 9.55 Å². The fourth-order valence-corrected chi connectivity index (χ4v) is 5.07. The standard InChI is InChI=1S/C22H29FN2O4SSi/c1-22(2,3)31(4,5)29-14-20-28-13-19(30-20)25-12-16(23)17(24-21(25)27)11-18(26)15-9-7-6-8-10-15/h6-10,12,19-20H,11,13-14H2,1-5H3/t19-,20-/m1/s1. The van der Waals surface area contributed by atoms with Gasteiger partial charge in [-0.15, -0.1) is 11.8 Å². The van der Waals surface area contributed by atoms with Crippen LogP contribution in [0.2, 0.25) is 18.1 Å². The molecule has 2 atom stereocenters. The third-order valence-corrected chi connectivity index (χ3v) is 11.6. The largest absolute Gasteiger partial charge is 0.413 e. The molecule has 31 heavy (non-hydrogen) atoms. The number of thioether (sulfide) groups is 1. The molecule has 1 aliphatic rings. The van der Waals surface area contributed by atoms with Crippen LogP contribution in [0.4, 0.5) is 4.39 Å². The van der Waals surface area contributed by atoms with Crippen molar-refractivity contribution in [1.29, 1.82) is 0 Å². The molecule has 2 heterocycles. The van der Waals surface area contributed by atoms with E-state index in [4.69, 9.17) is 9.16 Å². The van der Waals surface area contributed by atoms with Gasteiger partial charge in [0.15, 0.2) is 19.9 Å². The van der Waals surface area contributed by atoms with Gasteiger partial charge in [-0.1, -0.05) is 51.1 Å². The second-order valence-corrected chi connectivity index (χ2v) is 15.3. The van der Waals surface area contributed by atoms with Gasteiger partial charge in [0.25, 0.3) is 0 Å². The van der Waals surface area contributed by atoms with E-state index in [0.717, 1.165) is 6.20 Å². The van der Waals surface area contributed by atoms with Crippen LogP contribution in [0.15, 0.2) is 41.3 Å². The van der Waals surface area contributed by atoms with E-state index in [9.17, 15) is 14.0 Å².